The summed E-state index contributed by atoms with van der Waals surface area (Å²) in [5.74, 6) is 1.45. The molecule has 0 saturated heterocycles. The van der Waals surface area contributed by atoms with Crippen LogP contribution in [-0.4, -0.2) is 37.3 Å². The molecular weight excluding hydrogens is 381 g/mol. The Morgan fingerprint density at radius 2 is 2.10 bits per heavy atom. The number of rotatable bonds is 6. The fraction of sp³-hybridized carbons (Fsp3) is 0.533. The van der Waals surface area contributed by atoms with Crippen LogP contribution < -0.4 is 15.4 Å². The quantitative estimate of drug-likeness (QED) is 0.385. The molecule has 0 aliphatic heterocycles. The number of halogens is 1. The van der Waals surface area contributed by atoms with Crippen LogP contribution in [0.25, 0.3) is 0 Å². The number of hydrogen-bond donors (Lipinski definition) is 3. The van der Waals surface area contributed by atoms with Gasteiger partial charge in [-0.15, -0.1) is 24.0 Å². The van der Waals surface area contributed by atoms with E-state index in [2.05, 4.69) is 15.6 Å². The highest BCUT2D eigenvalue weighted by Gasteiger charge is 2.08. The average molecular weight is 407 g/mol. The van der Waals surface area contributed by atoms with Gasteiger partial charge in [0.05, 0.1) is 19.8 Å². The Morgan fingerprint density at radius 3 is 2.67 bits per heavy atom. The molecule has 120 valence electrons. The summed E-state index contributed by atoms with van der Waals surface area (Å²) in [5, 5.41) is 16.5. The number of guanidine groups is 1. The second-order valence-corrected chi connectivity index (χ2v) is 4.81. The maximum atomic E-state index is 10.2. The van der Waals surface area contributed by atoms with Crippen molar-refractivity contribution in [3.05, 3.63) is 29.8 Å². The zero-order chi connectivity index (χ0) is 15.0. The minimum atomic E-state index is -0.646. The third-order valence-corrected chi connectivity index (χ3v) is 2.67. The molecule has 3 N–H and O–H groups in total. The summed E-state index contributed by atoms with van der Waals surface area (Å²) in [4.78, 5) is 4.39. The number of benzene rings is 1. The lowest BCUT2D eigenvalue weighted by Gasteiger charge is -2.15. The molecular formula is C15H26IN3O2. The molecule has 0 fully saturated rings. The average Bonchev–Trinajstić information content (AvgIpc) is 2.44. The molecule has 1 aromatic rings. The Hall–Kier alpha value is -1.02. The first-order valence-corrected chi connectivity index (χ1v) is 6.93. The van der Waals surface area contributed by atoms with E-state index in [4.69, 9.17) is 4.74 Å². The van der Waals surface area contributed by atoms with Crippen LogP contribution in [0.2, 0.25) is 0 Å². The van der Waals surface area contributed by atoms with Crippen molar-refractivity contribution in [2.45, 2.75) is 32.9 Å². The van der Waals surface area contributed by atoms with Gasteiger partial charge in [-0.05, 0) is 38.5 Å². The molecule has 0 aliphatic rings. The molecule has 21 heavy (non-hydrogen) atoms. The van der Waals surface area contributed by atoms with E-state index in [1.54, 1.807) is 7.11 Å². The van der Waals surface area contributed by atoms with Crippen molar-refractivity contribution in [2.24, 2.45) is 4.99 Å². The Kier molecular flexibility index (Phi) is 10.2. The monoisotopic (exact) mass is 407 g/mol. The van der Waals surface area contributed by atoms with Gasteiger partial charge in [0.15, 0.2) is 5.96 Å². The number of nitrogens with one attached hydrogen (secondary N) is 2. The molecule has 0 aromatic heterocycles. The van der Waals surface area contributed by atoms with Crippen LogP contribution in [-0.2, 0) is 0 Å². The van der Waals surface area contributed by atoms with Gasteiger partial charge in [-0.3, -0.25) is 4.99 Å². The molecule has 0 aliphatic carbocycles. The molecule has 0 bridgehead atoms. The van der Waals surface area contributed by atoms with E-state index in [0.29, 0.717) is 18.5 Å². The Labute approximate surface area is 144 Å². The standard InChI is InChI=1S/C15H25N3O2.HI/c1-5-16-15(18-11(2)3)17-10-14(19)12-7-6-8-13(9-12)20-4;/h6-9,11,14,19H,5,10H2,1-4H3,(H2,16,17,18);1H. The third kappa shape index (κ3) is 7.52. The summed E-state index contributed by atoms with van der Waals surface area (Å²) in [5.41, 5.74) is 0.800. The molecule has 1 unspecified atom stereocenters. The number of ether oxygens (including phenoxy) is 1. The van der Waals surface area contributed by atoms with Crippen molar-refractivity contribution in [1.82, 2.24) is 10.6 Å². The second kappa shape index (κ2) is 10.7. The first-order chi connectivity index (χ1) is 9.56. The van der Waals surface area contributed by atoms with Crippen LogP contribution in [0.15, 0.2) is 29.3 Å². The summed E-state index contributed by atoms with van der Waals surface area (Å²) in [7, 11) is 1.61. The van der Waals surface area contributed by atoms with E-state index in [9.17, 15) is 5.11 Å². The number of nitrogens with zero attached hydrogens (tertiary/aromatic N) is 1. The van der Waals surface area contributed by atoms with Gasteiger partial charge in [0.2, 0.25) is 0 Å². The predicted octanol–water partition coefficient (Wildman–Crippen LogP) is 2.31. The molecule has 0 heterocycles. The highest BCUT2D eigenvalue weighted by Crippen LogP contribution is 2.19. The van der Waals surface area contributed by atoms with Crippen LogP contribution in [0.3, 0.4) is 0 Å². The summed E-state index contributed by atoms with van der Waals surface area (Å²) in [6.45, 7) is 7.19. The third-order valence-electron chi connectivity index (χ3n) is 2.67. The van der Waals surface area contributed by atoms with Gasteiger partial charge in [0.25, 0.3) is 0 Å². The lowest BCUT2D eigenvalue weighted by atomic mass is 10.1. The van der Waals surface area contributed by atoms with Crippen molar-refractivity contribution in [3.63, 3.8) is 0 Å². The zero-order valence-corrected chi connectivity index (χ0v) is 15.4. The molecule has 1 rings (SSSR count). The Balaban J connectivity index is 0.00000400. The van der Waals surface area contributed by atoms with Gasteiger partial charge >= 0.3 is 0 Å². The van der Waals surface area contributed by atoms with E-state index >= 15 is 0 Å². The van der Waals surface area contributed by atoms with Crippen LogP contribution >= 0.6 is 24.0 Å². The number of hydrogen-bond acceptors (Lipinski definition) is 3. The number of aliphatic hydroxyl groups is 1. The van der Waals surface area contributed by atoms with Crippen LogP contribution in [0.5, 0.6) is 5.75 Å². The van der Waals surface area contributed by atoms with Crippen molar-refractivity contribution in [1.29, 1.82) is 0 Å². The van der Waals surface area contributed by atoms with Crippen LogP contribution in [0, 0.1) is 0 Å². The van der Waals surface area contributed by atoms with Gasteiger partial charge in [-0.1, -0.05) is 12.1 Å². The maximum Gasteiger partial charge on any atom is 0.191 e. The smallest absolute Gasteiger partial charge is 0.191 e. The molecule has 1 atom stereocenters. The van der Waals surface area contributed by atoms with Gasteiger partial charge in [-0.2, -0.15) is 0 Å². The summed E-state index contributed by atoms with van der Waals surface area (Å²) >= 11 is 0. The van der Waals surface area contributed by atoms with Gasteiger partial charge in [0, 0.05) is 12.6 Å². The summed E-state index contributed by atoms with van der Waals surface area (Å²) < 4.78 is 5.15. The van der Waals surface area contributed by atoms with E-state index in [1.807, 2.05) is 45.0 Å². The first kappa shape index (κ1) is 20.0. The van der Waals surface area contributed by atoms with E-state index in [0.717, 1.165) is 17.9 Å². The minimum Gasteiger partial charge on any atom is -0.497 e. The molecule has 0 amide bonds. The topological polar surface area (TPSA) is 65.9 Å². The van der Waals surface area contributed by atoms with Crippen molar-refractivity contribution < 1.29 is 9.84 Å². The van der Waals surface area contributed by atoms with Crippen molar-refractivity contribution in [2.75, 3.05) is 20.2 Å². The zero-order valence-electron chi connectivity index (χ0n) is 13.1. The van der Waals surface area contributed by atoms with E-state index in [1.165, 1.54) is 0 Å². The fourth-order valence-corrected chi connectivity index (χ4v) is 1.73. The largest absolute Gasteiger partial charge is 0.497 e. The summed E-state index contributed by atoms with van der Waals surface area (Å²) in [6.07, 6.45) is -0.646. The van der Waals surface area contributed by atoms with Crippen molar-refractivity contribution in [3.8, 4) is 5.75 Å². The fourth-order valence-electron chi connectivity index (χ4n) is 1.73. The number of aliphatic imine (C=N–C) groups is 1. The van der Waals surface area contributed by atoms with Gasteiger partial charge in [-0.25, -0.2) is 0 Å². The lowest BCUT2D eigenvalue weighted by Crippen LogP contribution is -2.41. The Bertz CT molecular complexity index is 439. The maximum absolute atomic E-state index is 10.2. The number of aliphatic hydroxyl groups excluding tert-OH is 1. The van der Waals surface area contributed by atoms with E-state index < -0.39 is 6.10 Å². The molecule has 6 heteroatoms. The Morgan fingerprint density at radius 1 is 1.38 bits per heavy atom. The van der Waals surface area contributed by atoms with Crippen LogP contribution in [0.4, 0.5) is 0 Å². The van der Waals surface area contributed by atoms with Crippen molar-refractivity contribution >= 4 is 29.9 Å². The molecule has 0 radical (unpaired) electrons. The predicted molar refractivity (Wildman–Crippen MR) is 97.6 cm³/mol. The highest BCUT2D eigenvalue weighted by atomic mass is 127. The summed E-state index contributed by atoms with van der Waals surface area (Å²) in [6, 6.07) is 7.69. The molecule has 0 spiro atoms. The SMILES string of the molecule is CCNC(=NCC(O)c1cccc(OC)c1)NC(C)C.I. The van der Waals surface area contributed by atoms with Crippen LogP contribution in [0.1, 0.15) is 32.4 Å². The normalized spacial score (nSPS) is 12.6. The van der Waals surface area contributed by atoms with Gasteiger partial charge in [0.1, 0.15) is 5.75 Å². The molecule has 1 aromatic carbocycles. The minimum absolute atomic E-state index is 0. The lowest BCUT2D eigenvalue weighted by molar-refractivity contribution is 0.186. The van der Waals surface area contributed by atoms with Gasteiger partial charge < -0.3 is 20.5 Å². The first-order valence-electron chi connectivity index (χ1n) is 6.93. The van der Waals surface area contributed by atoms with E-state index in [-0.39, 0.29) is 24.0 Å². The molecule has 5 nitrogen and oxygen atoms in total. The number of methoxy groups -OCH3 is 1. The second-order valence-electron chi connectivity index (χ2n) is 4.81. The molecule has 0 saturated carbocycles. The highest BCUT2D eigenvalue weighted by molar-refractivity contribution is 14.0.